The lowest BCUT2D eigenvalue weighted by molar-refractivity contribution is -0.129. The van der Waals surface area contributed by atoms with Crippen LogP contribution in [0.3, 0.4) is 0 Å². The summed E-state index contributed by atoms with van der Waals surface area (Å²) in [7, 11) is 0. The van der Waals surface area contributed by atoms with Crippen molar-refractivity contribution in [3.63, 3.8) is 0 Å². The summed E-state index contributed by atoms with van der Waals surface area (Å²) in [5.41, 5.74) is 7.83. The van der Waals surface area contributed by atoms with Gasteiger partial charge in [-0.25, -0.2) is 18.2 Å². The molecule has 2 amide bonds. The molecule has 0 spiro atoms. The molecule has 0 saturated heterocycles. The zero-order valence-corrected chi connectivity index (χ0v) is 18.6. The van der Waals surface area contributed by atoms with Gasteiger partial charge in [0.1, 0.15) is 23.7 Å². The number of fused-ring (bicyclic) bond motifs is 1. The van der Waals surface area contributed by atoms with E-state index in [4.69, 9.17) is 5.73 Å². The molecule has 1 aliphatic carbocycles. The molecule has 1 aromatic heterocycles. The molecule has 10 heteroatoms. The van der Waals surface area contributed by atoms with E-state index in [9.17, 15) is 22.8 Å². The number of hydrogen-bond acceptors (Lipinski definition) is 5. The van der Waals surface area contributed by atoms with E-state index >= 15 is 0 Å². The van der Waals surface area contributed by atoms with Crippen molar-refractivity contribution in [2.24, 2.45) is 0 Å². The van der Waals surface area contributed by atoms with Crippen LogP contribution in [0.1, 0.15) is 54.6 Å². The van der Waals surface area contributed by atoms with Crippen molar-refractivity contribution < 1.29 is 22.8 Å². The fourth-order valence-corrected chi connectivity index (χ4v) is 4.40. The second-order valence-electron chi connectivity index (χ2n) is 8.51. The van der Waals surface area contributed by atoms with Crippen molar-refractivity contribution in [3.8, 4) is 0 Å². The number of nitrogens with two attached hydrogens (primary N) is 1. The van der Waals surface area contributed by atoms with Gasteiger partial charge in [-0.3, -0.25) is 9.59 Å². The van der Waals surface area contributed by atoms with Crippen molar-refractivity contribution in [2.45, 2.75) is 50.7 Å². The van der Waals surface area contributed by atoms with Crippen molar-refractivity contribution in [1.82, 2.24) is 20.9 Å². The number of alkyl halides is 2. The second-order valence-corrected chi connectivity index (χ2v) is 8.51. The number of nitrogens with zero attached hydrogens (tertiary/aromatic N) is 1. The third-order valence-corrected chi connectivity index (χ3v) is 6.15. The zero-order chi connectivity index (χ0) is 24.4. The number of carbonyl (C=O) groups is 2. The molecule has 0 radical (unpaired) electrons. The van der Waals surface area contributed by atoms with Gasteiger partial charge in [-0.2, -0.15) is 0 Å². The minimum Gasteiger partial charge on any atom is -0.384 e. The Morgan fingerprint density at radius 1 is 1.21 bits per heavy atom. The summed E-state index contributed by atoms with van der Waals surface area (Å²) >= 11 is 0. The summed E-state index contributed by atoms with van der Waals surface area (Å²) in [5.74, 6) is -1.12. The summed E-state index contributed by atoms with van der Waals surface area (Å²) in [4.78, 5) is 29.8. The third kappa shape index (κ3) is 5.06. The molecular weight excluding hydrogens is 447 g/mol. The summed E-state index contributed by atoms with van der Waals surface area (Å²) in [5, 5.41) is 8.62. The number of anilines is 1. The quantitative estimate of drug-likeness (QED) is 0.516. The molecule has 7 nitrogen and oxygen atoms in total. The molecule has 1 aliphatic heterocycles. The third-order valence-electron chi connectivity index (χ3n) is 6.15. The molecule has 34 heavy (non-hydrogen) atoms. The van der Waals surface area contributed by atoms with Crippen LogP contribution in [0.15, 0.2) is 36.4 Å². The number of nitrogens with one attached hydrogen (secondary N) is 3. The maximum atomic E-state index is 13.5. The van der Waals surface area contributed by atoms with E-state index in [-0.39, 0.29) is 17.5 Å². The minimum absolute atomic E-state index is 0.208. The highest BCUT2D eigenvalue weighted by molar-refractivity contribution is 5.92. The van der Waals surface area contributed by atoms with Gasteiger partial charge in [0.05, 0.1) is 6.04 Å². The van der Waals surface area contributed by atoms with Crippen LogP contribution < -0.4 is 21.7 Å². The average Bonchev–Trinajstić information content (AvgIpc) is 3.20. The van der Waals surface area contributed by atoms with Crippen LogP contribution >= 0.6 is 0 Å². The number of benzene rings is 1. The molecule has 3 atom stereocenters. The minimum atomic E-state index is -2.84. The predicted molar refractivity (Wildman–Crippen MR) is 121 cm³/mol. The predicted octanol–water partition coefficient (Wildman–Crippen LogP) is 2.79. The van der Waals surface area contributed by atoms with Crippen LogP contribution in [0.25, 0.3) is 5.57 Å². The number of pyridine rings is 1. The fourth-order valence-electron chi connectivity index (χ4n) is 4.40. The van der Waals surface area contributed by atoms with Gasteiger partial charge in [0.2, 0.25) is 11.8 Å². The van der Waals surface area contributed by atoms with Crippen molar-refractivity contribution in [1.29, 1.82) is 0 Å². The van der Waals surface area contributed by atoms with E-state index in [0.29, 0.717) is 37.2 Å². The number of amides is 2. The van der Waals surface area contributed by atoms with Crippen LogP contribution in [0.5, 0.6) is 0 Å². The lowest BCUT2D eigenvalue weighted by atomic mass is 9.93. The van der Waals surface area contributed by atoms with E-state index in [1.54, 1.807) is 19.1 Å². The Kier molecular flexibility index (Phi) is 6.87. The molecule has 0 bridgehead atoms. The summed E-state index contributed by atoms with van der Waals surface area (Å²) in [6, 6.07) is 4.94. The SMILES string of the molecule is CC(NC(=O)[C@H]1C=C(c2ccc(F)cc2C(F)F)CCN1)C(=O)N[C@@H]1CCc2nc(N)ccc21. The normalized spacial score (nSPS) is 20.4. The Balaban J connectivity index is 1.41. The van der Waals surface area contributed by atoms with Gasteiger partial charge in [-0.15, -0.1) is 0 Å². The highest BCUT2D eigenvalue weighted by atomic mass is 19.3. The molecule has 0 fully saturated rings. The van der Waals surface area contributed by atoms with Gasteiger partial charge in [0, 0.05) is 17.8 Å². The van der Waals surface area contributed by atoms with E-state index < -0.39 is 35.8 Å². The molecule has 2 aliphatic rings. The average molecular weight is 473 g/mol. The van der Waals surface area contributed by atoms with Gasteiger partial charge in [0.15, 0.2) is 0 Å². The van der Waals surface area contributed by atoms with Crippen molar-refractivity contribution >= 4 is 23.2 Å². The van der Waals surface area contributed by atoms with Gasteiger partial charge in [-0.05, 0) is 61.1 Å². The summed E-state index contributed by atoms with van der Waals surface area (Å²) in [6.07, 6.45) is 0.509. The summed E-state index contributed by atoms with van der Waals surface area (Å²) < 4.78 is 40.3. The Morgan fingerprint density at radius 3 is 2.76 bits per heavy atom. The molecule has 180 valence electrons. The molecule has 1 unspecified atom stereocenters. The number of rotatable bonds is 6. The number of carbonyl (C=O) groups excluding carboxylic acids is 2. The standard InChI is InChI=1S/C24H26F3N5O2/c1-12(23(33)32-19-6-5-18-16(19)4-7-21(28)31-18)30-24(34)20-10-13(8-9-29-20)15-3-2-14(25)11-17(15)22(26)27/h2-4,7,10-12,19-20,22,29H,5-6,8-9H2,1H3,(H2,28,31)(H,30,34)(H,32,33)/t12?,19-,20-/m1/s1. The van der Waals surface area contributed by atoms with E-state index in [0.717, 1.165) is 23.4 Å². The maximum absolute atomic E-state index is 13.5. The van der Waals surface area contributed by atoms with Crippen LogP contribution in [0.4, 0.5) is 19.0 Å². The lowest BCUT2D eigenvalue weighted by Gasteiger charge is -2.25. The molecule has 4 rings (SSSR count). The number of aromatic nitrogens is 1. The second kappa shape index (κ2) is 9.84. The van der Waals surface area contributed by atoms with Crippen LogP contribution in [-0.2, 0) is 16.0 Å². The molecule has 0 saturated carbocycles. The molecule has 5 N–H and O–H groups in total. The number of hydrogen-bond donors (Lipinski definition) is 4. The molecule has 2 aromatic rings. The number of nitrogen functional groups attached to an aromatic ring is 1. The monoisotopic (exact) mass is 473 g/mol. The van der Waals surface area contributed by atoms with Crippen molar-refractivity contribution in [3.05, 3.63) is 64.6 Å². The Bertz CT molecular complexity index is 1140. The van der Waals surface area contributed by atoms with Gasteiger partial charge in [0.25, 0.3) is 6.43 Å². The molecule has 1 aromatic carbocycles. The Hall–Kier alpha value is -3.40. The first-order valence-electron chi connectivity index (χ1n) is 11.1. The Labute approximate surface area is 195 Å². The van der Waals surface area contributed by atoms with E-state index in [1.807, 2.05) is 6.07 Å². The Morgan fingerprint density at radius 2 is 2.00 bits per heavy atom. The molecule has 2 heterocycles. The lowest BCUT2D eigenvalue weighted by Crippen LogP contribution is -2.52. The fraction of sp³-hybridized carbons (Fsp3) is 0.375. The highest BCUT2D eigenvalue weighted by Gasteiger charge is 2.29. The van der Waals surface area contributed by atoms with Gasteiger partial charge < -0.3 is 21.7 Å². The molecular formula is C24H26F3N5O2. The highest BCUT2D eigenvalue weighted by Crippen LogP contribution is 2.32. The summed E-state index contributed by atoms with van der Waals surface area (Å²) in [6.45, 7) is 1.95. The van der Waals surface area contributed by atoms with Crippen molar-refractivity contribution in [2.75, 3.05) is 12.3 Å². The zero-order valence-electron chi connectivity index (χ0n) is 18.6. The largest absolute Gasteiger partial charge is 0.384 e. The van der Waals surface area contributed by atoms with E-state index in [1.165, 1.54) is 6.07 Å². The van der Waals surface area contributed by atoms with E-state index in [2.05, 4.69) is 20.9 Å². The first-order valence-corrected chi connectivity index (χ1v) is 11.1. The van der Waals surface area contributed by atoms with Crippen LogP contribution in [0, 0.1) is 5.82 Å². The van der Waals surface area contributed by atoms with Crippen LogP contribution in [-0.4, -0.2) is 35.4 Å². The van der Waals surface area contributed by atoms with Gasteiger partial charge in [-0.1, -0.05) is 18.2 Å². The van der Waals surface area contributed by atoms with Crippen LogP contribution in [0.2, 0.25) is 0 Å². The number of halogens is 3. The topological polar surface area (TPSA) is 109 Å². The first-order chi connectivity index (χ1) is 16.2. The van der Waals surface area contributed by atoms with Gasteiger partial charge >= 0.3 is 0 Å². The smallest absolute Gasteiger partial charge is 0.264 e. The maximum Gasteiger partial charge on any atom is 0.264 e. The first kappa shape index (κ1) is 23.7. The number of aryl methyl sites for hydroxylation is 1.